The van der Waals surface area contributed by atoms with Gasteiger partial charge in [0.05, 0.1) is 10.6 Å². The van der Waals surface area contributed by atoms with E-state index in [1.165, 1.54) is 0 Å². The molecule has 0 aromatic carbocycles. The fraction of sp³-hybridized carbons (Fsp3) is 0.364. The predicted molar refractivity (Wildman–Crippen MR) is 66.4 cm³/mol. The molecule has 1 aromatic rings. The van der Waals surface area contributed by atoms with Gasteiger partial charge in [-0.3, -0.25) is 4.79 Å². The van der Waals surface area contributed by atoms with Crippen molar-refractivity contribution < 1.29 is 9.53 Å². The molecule has 0 radical (unpaired) electrons. The maximum atomic E-state index is 11.4. The van der Waals surface area contributed by atoms with Crippen molar-refractivity contribution in [2.75, 3.05) is 11.9 Å². The number of aromatic nitrogens is 1. The Labute approximate surface area is 108 Å². The van der Waals surface area contributed by atoms with Crippen molar-refractivity contribution in [1.82, 2.24) is 4.98 Å². The lowest BCUT2D eigenvalue weighted by Gasteiger charge is -2.08. The first-order valence-electron chi connectivity index (χ1n) is 5.01. The number of pyridine rings is 1. The van der Waals surface area contributed by atoms with Crippen LogP contribution in [0, 0.1) is 11.3 Å². The van der Waals surface area contributed by atoms with Crippen LogP contribution in [0.4, 0.5) is 5.82 Å². The normalized spacial score (nSPS) is 10.1. The Hall–Kier alpha value is -1.45. The highest BCUT2D eigenvalue weighted by Gasteiger charge is 2.07. The van der Waals surface area contributed by atoms with Crippen LogP contribution in [0.2, 0.25) is 0 Å². The Kier molecular flexibility index (Phi) is 5.07. The lowest BCUT2D eigenvalue weighted by molar-refractivity contribution is -0.121. The molecule has 0 fully saturated rings. The molecule has 1 rings (SSSR count). The minimum Gasteiger partial charge on any atom is -0.369 e. The Morgan fingerprint density at radius 2 is 2.35 bits per heavy atom. The van der Waals surface area contributed by atoms with Crippen molar-refractivity contribution in [2.24, 2.45) is 0 Å². The third-order valence-electron chi connectivity index (χ3n) is 1.77. The molecule has 0 unspecified atom stereocenters. The monoisotopic (exact) mass is 297 g/mol. The number of halogens is 1. The number of rotatable bonds is 4. The Morgan fingerprint density at radius 1 is 1.65 bits per heavy atom. The number of nitrogens with one attached hydrogen (secondary N) is 1. The highest BCUT2D eigenvalue weighted by Crippen LogP contribution is 2.16. The minimum atomic E-state index is -0.294. The molecule has 0 spiro atoms. The lowest BCUT2D eigenvalue weighted by atomic mass is 10.3. The number of anilines is 1. The Bertz CT molecular complexity index is 455. The second-order valence-corrected chi connectivity index (χ2v) is 4.40. The largest absolute Gasteiger partial charge is 0.369 e. The van der Waals surface area contributed by atoms with E-state index < -0.39 is 0 Å². The highest BCUT2D eigenvalue weighted by molar-refractivity contribution is 9.10. The van der Waals surface area contributed by atoms with E-state index in [1.54, 1.807) is 12.1 Å². The van der Waals surface area contributed by atoms with Gasteiger partial charge in [0.2, 0.25) is 0 Å². The van der Waals surface area contributed by atoms with Gasteiger partial charge < -0.3 is 10.1 Å². The molecule has 5 nitrogen and oxygen atoms in total. The van der Waals surface area contributed by atoms with Crippen LogP contribution in [-0.2, 0) is 9.53 Å². The summed E-state index contributed by atoms with van der Waals surface area (Å²) < 4.78 is 5.74. The topological polar surface area (TPSA) is 75.0 Å². The fourth-order valence-corrected chi connectivity index (χ4v) is 1.32. The summed E-state index contributed by atoms with van der Waals surface area (Å²) >= 11 is 3.18. The molecule has 0 aliphatic heterocycles. The Balaban J connectivity index is 2.63. The highest BCUT2D eigenvalue weighted by atomic mass is 79.9. The second-order valence-electron chi connectivity index (χ2n) is 3.55. The summed E-state index contributed by atoms with van der Waals surface area (Å²) in [5.74, 6) is 0.0412. The van der Waals surface area contributed by atoms with Crippen molar-refractivity contribution in [3.05, 3.63) is 22.3 Å². The fourth-order valence-electron chi connectivity index (χ4n) is 1.01. The number of hydrogen-bond donors (Lipinski definition) is 1. The molecule has 0 aliphatic rings. The van der Waals surface area contributed by atoms with Gasteiger partial charge in [0, 0.05) is 0 Å². The zero-order valence-electron chi connectivity index (χ0n) is 9.53. The smallest absolute Gasteiger partial charge is 0.251 e. The van der Waals surface area contributed by atoms with Gasteiger partial charge in [-0.25, -0.2) is 4.98 Å². The molecule has 1 aromatic heterocycles. The molecule has 1 amide bonds. The van der Waals surface area contributed by atoms with E-state index in [9.17, 15) is 4.79 Å². The molecule has 90 valence electrons. The van der Waals surface area contributed by atoms with Crippen molar-refractivity contribution in [3.8, 4) is 6.07 Å². The van der Waals surface area contributed by atoms with Crippen molar-refractivity contribution in [2.45, 2.75) is 20.0 Å². The van der Waals surface area contributed by atoms with Gasteiger partial charge in [-0.05, 0) is 41.9 Å². The zero-order chi connectivity index (χ0) is 12.8. The number of hydrogen-bond acceptors (Lipinski definition) is 4. The average molecular weight is 298 g/mol. The van der Waals surface area contributed by atoms with E-state index in [0.717, 1.165) is 0 Å². The van der Waals surface area contributed by atoms with Gasteiger partial charge in [0.1, 0.15) is 18.5 Å². The van der Waals surface area contributed by atoms with Crippen LogP contribution in [0.5, 0.6) is 0 Å². The average Bonchev–Trinajstić information content (AvgIpc) is 2.29. The molecule has 6 heteroatoms. The van der Waals surface area contributed by atoms with Crippen LogP contribution in [-0.4, -0.2) is 23.6 Å². The van der Waals surface area contributed by atoms with Crippen LogP contribution in [0.3, 0.4) is 0 Å². The van der Waals surface area contributed by atoms with Gasteiger partial charge in [-0.15, -0.1) is 0 Å². The second kappa shape index (κ2) is 6.33. The maximum Gasteiger partial charge on any atom is 0.251 e. The molecule has 1 N–H and O–H groups in total. The SMILES string of the molecule is CC(C)OCC(=O)Nc1ccc(Br)c(C#N)n1. The molecular weight excluding hydrogens is 286 g/mol. The van der Waals surface area contributed by atoms with Gasteiger partial charge in [-0.1, -0.05) is 0 Å². The van der Waals surface area contributed by atoms with Gasteiger partial charge >= 0.3 is 0 Å². The number of amides is 1. The number of carbonyl (C=O) groups is 1. The summed E-state index contributed by atoms with van der Waals surface area (Å²) in [7, 11) is 0. The van der Waals surface area contributed by atoms with Crippen molar-refractivity contribution in [1.29, 1.82) is 5.26 Å². The first-order chi connectivity index (χ1) is 8.02. The molecule has 0 atom stereocenters. The third-order valence-corrected chi connectivity index (χ3v) is 2.41. The molecular formula is C11H12BrN3O2. The third kappa shape index (κ3) is 4.51. The molecule has 0 saturated carbocycles. The Morgan fingerprint density at radius 3 is 2.94 bits per heavy atom. The van der Waals surface area contributed by atoms with E-state index in [2.05, 4.69) is 26.2 Å². The summed E-state index contributed by atoms with van der Waals surface area (Å²) in [6.45, 7) is 3.66. The number of nitriles is 1. The lowest BCUT2D eigenvalue weighted by Crippen LogP contribution is -2.21. The standard InChI is InChI=1S/C11H12BrN3O2/c1-7(2)17-6-11(16)15-10-4-3-8(12)9(5-13)14-10/h3-4,7H,6H2,1-2H3,(H,14,15,16). The van der Waals surface area contributed by atoms with E-state index >= 15 is 0 Å². The molecule has 17 heavy (non-hydrogen) atoms. The van der Waals surface area contributed by atoms with Crippen LogP contribution < -0.4 is 5.32 Å². The van der Waals surface area contributed by atoms with E-state index in [0.29, 0.717) is 10.3 Å². The van der Waals surface area contributed by atoms with Gasteiger partial charge in [0.25, 0.3) is 5.91 Å². The summed E-state index contributed by atoms with van der Waals surface area (Å²) in [4.78, 5) is 15.4. The first kappa shape index (κ1) is 13.6. The van der Waals surface area contributed by atoms with E-state index in [4.69, 9.17) is 10.00 Å². The number of carbonyl (C=O) groups excluding carboxylic acids is 1. The van der Waals surface area contributed by atoms with E-state index in [1.807, 2.05) is 19.9 Å². The summed E-state index contributed by atoms with van der Waals surface area (Å²) in [5, 5.41) is 11.3. The quantitative estimate of drug-likeness (QED) is 0.923. The van der Waals surface area contributed by atoms with Crippen LogP contribution in [0.1, 0.15) is 19.5 Å². The van der Waals surface area contributed by atoms with Crippen molar-refractivity contribution >= 4 is 27.7 Å². The van der Waals surface area contributed by atoms with Crippen LogP contribution in [0.15, 0.2) is 16.6 Å². The predicted octanol–water partition coefficient (Wildman–Crippen LogP) is 2.08. The summed E-state index contributed by atoms with van der Waals surface area (Å²) in [6.07, 6.45) is -0.00621. The summed E-state index contributed by atoms with van der Waals surface area (Å²) in [5.41, 5.74) is 0.229. The molecule has 0 bridgehead atoms. The first-order valence-corrected chi connectivity index (χ1v) is 5.80. The maximum absolute atomic E-state index is 11.4. The molecule has 1 heterocycles. The van der Waals surface area contributed by atoms with Gasteiger partial charge in [0.15, 0.2) is 5.69 Å². The van der Waals surface area contributed by atoms with Gasteiger partial charge in [-0.2, -0.15) is 5.26 Å². The number of nitrogens with zero attached hydrogens (tertiary/aromatic N) is 2. The molecule has 0 saturated heterocycles. The number of ether oxygens (including phenoxy) is 1. The van der Waals surface area contributed by atoms with Crippen LogP contribution in [0.25, 0.3) is 0 Å². The summed E-state index contributed by atoms with van der Waals surface area (Å²) in [6, 6.07) is 5.19. The minimum absolute atomic E-state index is 0.00621. The van der Waals surface area contributed by atoms with Crippen molar-refractivity contribution in [3.63, 3.8) is 0 Å². The van der Waals surface area contributed by atoms with E-state index in [-0.39, 0.29) is 24.3 Å². The molecule has 0 aliphatic carbocycles. The van der Waals surface area contributed by atoms with Crippen LogP contribution >= 0.6 is 15.9 Å². The zero-order valence-corrected chi connectivity index (χ0v) is 11.1.